The first-order valence-electron chi connectivity index (χ1n) is 20.7. The van der Waals surface area contributed by atoms with Crippen molar-refractivity contribution in [3.05, 3.63) is 36.5 Å². The lowest BCUT2D eigenvalue weighted by molar-refractivity contribution is -0.359. The zero-order valence-corrected chi connectivity index (χ0v) is 33.2. The average molecular weight is 788 g/mol. The molecule has 14 heteroatoms. The lowest BCUT2D eigenvalue weighted by Crippen LogP contribution is -2.65. The Morgan fingerprint density at radius 2 is 1.22 bits per heavy atom. The minimum Gasteiger partial charge on any atom is -0.394 e. The summed E-state index contributed by atoms with van der Waals surface area (Å²) in [6.07, 6.45) is 12.3. The maximum Gasteiger partial charge on any atom is 0.220 e. The molecule has 0 saturated carbocycles. The van der Waals surface area contributed by atoms with Crippen LogP contribution in [-0.4, -0.2) is 140 Å². The molecule has 0 bridgehead atoms. The molecule has 0 aliphatic carbocycles. The van der Waals surface area contributed by atoms with Crippen LogP contribution in [0.4, 0.5) is 0 Å². The standard InChI is InChI=1S/C41H73NO13/c1-3-5-7-9-11-12-13-14-15-16-17-19-21-23-25-33(46)42-29(30(45)24-22-20-18-10-8-6-4-2)28-52-40-38(51)36(49)39(32(27-44)54-40)55-41-37(50)35(48)34(47)31(26-43)53-41/h9,11,13-14,22,24,29-32,34-41,43-45,47-51H,3-8,10,12,15-21,23,25-28H2,1-2H3,(H,42,46)/b11-9-,14-13-,24-22+. The van der Waals surface area contributed by atoms with Crippen LogP contribution >= 0.6 is 0 Å². The second kappa shape index (κ2) is 29.4. The van der Waals surface area contributed by atoms with Gasteiger partial charge in [0.1, 0.15) is 48.8 Å². The monoisotopic (exact) mass is 788 g/mol. The minimum absolute atomic E-state index is 0.262. The van der Waals surface area contributed by atoms with Gasteiger partial charge < -0.3 is 65.1 Å². The molecule has 1 amide bonds. The molecule has 14 nitrogen and oxygen atoms in total. The molecule has 12 atom stereocenters. The number of ether oxygens (including phenoxy) is 4. The molecule has 12 unspecified atom stereocenters. The molecule has 2 saturated heterocycles. The van der Waals surface area contributed by atoms with E-state index in [4.69, 9.17) is 18.9 Å². The molecule has 0 aromatic heterocycles. The summed E-state index contributed by atoms with van der Waals surface area (Å²) in [5, 5.41) is 86.0. The van der Waals surface area contributed by atoms with Gasteiger partial charge in [0.25, 0.3) is 0 Å². The Balaban J connectivity index is 1.91. The number of amides is 1. The Bertz CT molecular complexity index is 1070. The Kier molecular flexibility index (Phi) is 26.4. The average Bonchev–Trinajstić information content (AvgIpc) is 3.18. The molecule has 9 N–H and O–H groups in total. The van der Waals surface area contributed by atoms with Gasteiger partial charge in [0.05, 0.1) is 32.0 Å². The van der Waals surface area contributed by atoms with Crippen molar-refractivity contribution < 1.29 is 64.6 Å². The fraction of sp³-hybridized carbons (Fsp3) is 0.829. The lowest BCUT2D eigenvalue weighted by Gasteiger charge is -2.46. The van der Waals surface area contributed by atoms with E-state index >= 15 is 0 Å². The van der Waals surface area contributed by atoms with E-state index < -0.39 is 86.8 Å². The molecular formula is C41H73NO13. The summed E-state index contributed by atoms with van der Waals surface area (Å²) in [5.74, 6) is -0.262. The zero-order valence-electron chi connectivity index (χ0n) is 33.2. The van der Waals surface area contributed by atoms with Gasteiger partial charge in [-0.25, -0.2) is 0 Å². The third kappa shape index (κ3) is 18.6. The summed E-state index contributed by atoms with van der Waals surface area (Å²) in [5.41, 5.74) is 0. The predicted octanol–water partition coefficient (Wildman–Crippen LogP) is 2.81. The Morgan fingerprint density at radius 3 is 1.87 bits per heavy atom. The largest absolute Gasteiger partial charge is 0.394 e. The highest BCUT2D eigenvalue weighted by atomic mass is 16.7. The molecule has 2 fully saturated rings. The normalized spacial score (nSPS) is 30.1. The van der Waals surface area contributed by atoms with Crippen LogP contribution in [0.5, 0.6) is 0 Å². The molecule has 2 aliphatic rings. The molecular weight excluding hydrogens is 714 g/mol. The third-order valence-electron chi connectivity index (χ3n) is 10.1. The van der Waals surface area contributed by atoms with Gasteiger partial charge in [-0.3, -0.25) is 4.79 Å². The number of hydrogen-bond acceptors (Lipinski definition) is 13. The van der Waals surface area contributed by atoms with E-state index in [1.54, 1.807) is 6.08 Å². The van der Waals surface area contributed by atoms with Crippen LogP contribution in [0.2, 0.25) is 0 Å². The van der Waals surface area contributed by atoms with Crippen molar-refractivity contribution in [2.24, 2.45) is 0 Å². The van der Waals surface area contributed by atoms with Gasteiger partial charge in [-0.1, -0.05) is 108 Å². The van der Waals surface area contributed by atoms with Crippen LogP contribution in [0, 0.1) is 0 Å². The number of carbonyl (C=O) groups excluding carboxylic acids is 1. The Hall–Kier alpha value is -1.79. The first-order chi connectivity index (χ1) is 26.6. The second-order valence-electron chi connectivity index (χ2n) is 14.8. The number of nitrogens with one attached hydrogen (secondary N) is 1. The van der Waals surface area contributed by atoms with Crippen molar-refractivity contribution in [1.29, 1.82) is 0 Å². The maximum atomic E-state index is 13.0. The van der Waals surface area contributed by atoms with Crippen molar-refractivity contribution in [2.75, 3.05) is 19.8 Å². The SMILES string of the molecule is CCCC/C=C\C/C=C\CCCCCCCC(=O)NC(COC1OC(CO)C(OC2OC(CO)C(O)C(O)C2O)C(O)C1O)C(O)/C=C/CCCCCCC. The first-order valence-corrected chi connectivity index (χ1v) is 20.7. The number of unbranched alkanes of at least 4 members (excludes halogenated alkanes) is 12. The van der Waals surface area contributed by atoms with Gasteiger partial charge in [-0.15, -0.1) is 0 Å². The van der Waals surface area contributed by atoms with Crippen LogP contribution < -0.4 is 5.32 Å². The van der Waals surface area contributed by atoms with Gasteiger partial charge in [0, 0.05) is 6.42 Å². The van der Waals surface area contributed by atoms with Crippen LogP contribution in [-0.2, 0) is 23.7 Å². The molecule has 0 aromatic rings. The van der Waals surface area contributed by atoms with E-state index in [1.807, 2.05) is 6.08 Å². The summed E-state index contributed by atoms with van der Waals surface area (Å²) < 4.78 is 22.5. The second-order valence-corrected chi connectivity index (χ2v) is 14.8. The maximum absolute atomic E-state index is 13.0. The van der Waals surface area contributed by atoms with Crippen molar-refractivity contribution in [3.8, 4) is 0 Å². The number of rotatable bonds is 29. The summed E-state index contributed by atoms with van der Waals surface area (Å²) in [7, 11) is 0. The van der Waals surface area contributed by atoms with E-state index in [0.717, 1.165) is 77.0 Å². The highest BCUT2D eigenvalue weighted by molar-refractivity contribution is 5.76. The number of hydrogen-bond donors (Lipinski definition) is 9. The minimum atomic E-state index is -1.79. The molecule has 2 heterocycles. The number of aliphatic hydroxyl groups excluding tert-OH is 8. The van der Waals surface area contributed by atoms with Crippen molar-refractivity contribution >= 4 is 5.91 Å². The smallest absolute Gasteiger partial charge is 0.220 e. The number of aliphatic hydroxyl groups is 8. The number of carbonyl (C=O) groups is 1. The first kappa shape index (κ1) is 49.4. The Morgan fingerprint density at radius 1 is 0.655 bits per heavy atom. The molecule has 2 rings (SSSR count). The topological polar surface area (TPSA) is 228 Å². The van der Waals surface area contributed by atoms with E-state index in [9.17, 15) is 45.6 Å². The van der Waals surface area contributed by atoms with Gasteiger partial charge >= 0.3 is 0 Å². The zero-order chi connectivity index (χ0) is 40.4. The summed E-state index contributed by atoms with van der Waals surface area (Å²) in [6, 6.07) is -0.916. The summed E-state index contributed by atoms with van der Waals surface area (Å²) in [6.45, 7) is 2.62. The fourth-order valence-corrected chi connectivity index (χ4v) is 6.54. The van der Waals surface area contributed by atoms with Crippen LogP contribution in [0.3, 0.4) is 0 Å². The summed E-state index contributed by atoms with van der Waals surface area (Å²) in [4.78, 5) is 13.0. The van der Waals surface area contributed by atoms with E-state index in [1.165, 1.54) is 19.3 Å². The number of allylic oxidation sites excluding steroid dienone is 5. The molecule has 0 radical (unpaired) electrons. The van der Waals surface area contributed by atoms with Crippen LogP contribution in [0.15, 0.2) is 36.5 Å². The summed E-state index contributed by atoms with van der Waals surface area (Å²) >= 11 is 0. The Labute approximate surface area is 328 Å². The van der Waals surface area contributed by atoms with Gasteiger partial charge in [-0.05, 0) is 44.9 Å². The van der Waals surface area contributed by atoms with Gasteiger partial charge in [0.15, 0.2) is 12.6 Å². The highest BCUT2D eigenvalue weighted by Crippen LogP contribution is 2.29. The quantitative estimate of drug-likeness (QED) is 0.0393. The van der Waals surface area contributed by atoms with E-state index in [2.05, 4.69) is 43.5 Å². The van der Waals surface area contributed by atoms with Crippen molar-refractivity contribution in [3.63, 3.8) is 0 Å². The van der Waals surface area contributed by atoms with Gasteiger partial charge in [-0.2, -0.15) is 0 Å². The van der Waals surface area contributed by atoms with Crippen LogP contribution in [0.25, 0.3) is 0 Å². The van der Waals surface area contributed by atoms with Crippen molar-refractivity contribution in [1.82, 2.24) is 5.32 Å². The highest BCUT2D eigenvalue weighted by Gasteiger charge is 2.50. The molecule has 0 spiro atoms. The van der Waals surface area contributed by atoms with Crippen LogP contribution in [0.1, 0.15) is 123 Å². The van der Waals surface area contributed by atoms with E-state index in [0.29, 0.717) is 6.42 Å². The fourth-order valence-electron chi connectivity index (χ4n) is 6.54. The van der Waals surface area contributed by atoms with E-state index in [-0.39, 0.29) is 18.9 Å². The van der Waals surface area contributed by atoms with Gasteiger partial charge in [0.2, 0.25) is 5.91 Å². The molecule has 320 valence electrons. The lowest BCUT2D eigenvalue weighted by atomic mass is 9.97. The molecule has 0 aromatic carbocycles. The molecule has 2 aliphatic heterocycles. The van der Waals surface area contributed by atoms with Crippen molar-refractivity contribution in [2.45, 2.75) is 197 Å². The third-order valence-corrected chi connectivity index (χ3v) is 10.1. The molecule has 55 heavy (non-hydrogen) atoms. The predicted molar refractivity (Wildman–Crippen MR) is 208 cm³/mol.